The first-order valence-corrected chi connectivity index (χ1v) is 6.75. The van der Waals surface area contributed by atoms with Crippen molar-refractivity contribution in [2.75, 3.05) is 37.1 Å². The normalized spacial score (nSPS) is 16.8. The van der Waals surface area contributed by atoms with Gasteiger partial charge in [0.25, 0.3) is 0 Å². The highest BCUT2D eigenvalue weighted by atomic mass is 19.4. The molecule has 1 aromatic heterocycles. The highest BCUT2D eigenvalue weighted by Crippen LogP contribution is 2.32. The summed E-state index contributed by atoms with van der Waals surface area (Å²) in [6, 6.07) is 1.94. The number of nitrogen functional groups attached to an aromatic ring is 1. The Morgan fingerprint density at radius 2 is 2.05 bits per heavy atom. The molecule has 0 saturated carbocycles. The number of anilines is 2. The number of halogens is 3. The van der Waals surface area contributed by atoms with E-state index in [9.17, 15) is 13.2 Å². The fourth-order valence-corrected chi connectivity index (χ4v) is 2.36. The topological polar surface area (TPSA) is 63.4 Å². The summed E-state index contributed by atoms with van der Waals surface area (Å²) in [5.74, 6) is 5.85. The summed E-state index contributed by atoms with van der Waals surface area (Å²) in [5, 5.41) is 0. The molecule has 1 fully saturated rings. The second kappa shape index (κ2) is 6.48. The van der Waals surface area contributed by atoms with Crippen molar-refractivity contribution >= 4 is 11.6 Å². The summed E-state index contributed by atoms with van der Waals surface area (Å²) < 4.78 is 43.9. The fraction of sp³-hybridized carbons (Fsp3) is 0.615. The van der Waals surface area contributed by atoms with Gasteiger partial charge in [-0.3, -0.25) is 0 Å². The monoisotopic (exact) mass is 304 g/mol. The second-order valence-corrected chi connectivity index (χ2v) is 5.18. The second-order valence-electron chi connectivity index (χ2n) is 5.18. The van der Waals surface area contributed by atoms with E-state index in [0.29, 0.717) is 25.7 Å². The van der Waals surface area contributed by atoms with Crippen LogP contribution in [-0.4, -0.2) is 31.8 Å². The van der Waals surface area contributed by atoms with Gasteiger partial charge in [0.15, 0.2) is 0 Å². The van der Waals surface area contributed by atoms with Gasteiger partial charge in [-0.05, 0) is 30.9 Å². The molecule has 0 atom stereocenters. The van der Waals surface area contributed by atoms with E-state index in [4.69, 9.17) is 10.6 Å². The first-order chi connectivity index (χ1) is 9.90. The van der Waals surface area contributed by atoms with E-state index in [1.807, 2.05) is 0 Å². The Balaban J connectivity index is 2.17. The molecular formula is C13H19F3N4O. The Hall–Kier alpha value is -1.54. The quantitative estimate of drug-likeness (QED) is 0.660. The van der Waals surface area contributed by atoms with E-state index in [0.717, 1.165) is 25.0 Å². The highest BCUT2D eigenvalue weighted by molar-refractivity contribution is 5.50. The van der Waals surface area contributed by atoms with Gasteiger partial charge in [-0.15, -0.1) is 0 Å². The Morgan fingerprint density at radius 3 is 2.62 bits per heavy atom. The van der Waals surface area contributed by atoms with Crippen LogP contribution in [-0.2, 0) is 10.9 Å². The summed E-state index contributed by atoms with van der Waals surface area (Å²) in [6.07, 6.45) is -2.61. The van der Waals surface area contributed by atoms with Crippen LogP contribution in [0.1, 0.15) is 18.4 Å². The molecule has 5 nitrogen and oxygen atoms in total. The largest absolute Gasteiger partial charge is 0.416 e. The molecule has 0 aromatic carbocycles. The molecule has 21 heavy (non-hydrogen) atoms. The van der Waals surface area contributed by atoms with E-state index >= 15 is 0 Å². The van der Waals surface area contributed by atoms with Gasteiger partial charge in [0.1, 0.15) is 11.6 Å². The molecule has 0 amide bonds. The number of nitrogens with zero attached hydrogens (tertiary/aromatic N) is 2. The molecule has 0 aliphatic carbocycles. The van der Waals surface area contributed by atoms with E-state index in [1.165, 1.54) is 0 Å². The van der Waals surface area contributed by atoms with Crippen molar-refractivity contribution < 1.29 is 17.9 Å². The van der Waals surface area contributed by atoms with Gasteiger partial charge in [0, 0.05) is 26.8 Å². The molecule has 118 valence electrons. The van der Waals surface area contributed by atoms with Crippen LogP contribution >= 0.6 is 0 Å². The van der Waals surface area contributed by atoms with Gasteiger partial charge in [0.2, 0.25) is 0 Å². The molecule has 2 heterocycles. The Kier molecular flexibility index (Phi) is 4.89. The molecule has 0 radical (unpaired) electrons. The lowest BCUT2D eigenvalue weighted by molar-refractivity contribution is -0.137. The van der Waals surface area contributed by atoms with Crippen molar-refractivity contribution in [1.82, 2.24) is 4.98 Å². The number of ether oxygens (including phenoxy) is 1. The number of nitrogens with two attached hydrogens (primary N) is 1. The highest BCUT2D eigenvalue weighted by Gasteiger charge is 2.32. The number of hydrogen-bond acceptors (Lipinski definition) is 5. The van der Waals surface area contributed by atoms with E-state index < -0.39 is 11.7 Å². The van der Waals surface area contributed by atoms with E-state index in [-0.39, 0.29) is 11.6 Å². The summed E-state index contributed by atoms with van der Waals surface area (Å²) in [4.78, 5) is 5.82. The van der Waals surface area contributed by atoms with Crippen LogP contribution in [0.15, 0.2) is 12.1 Å². The molecule has 2 rings (SSSR count). The van der Waals surface area contributed by atoms with Crippen LogP contribution < -0.4 is 16.2 Å². The predicted octanol–water partition coefficient (Wildman–Crippen LogP) is 2.25. The maximum Gasteiger partial charge on any atom is 0.416 e. The average molecular weight is 304 g/mol. The van der Waals surface area contributed by atoms with Gasteiger partial charge in [0.05, 0.1) is 5.56 Å². The Morgan fingerprint density at radius 1 is 1.38 bits per heavy atom. The van der Waals surface area contributed by atoms with Crippen LogP contribution in [0.4, 0.5) is 24.8 Å². The summed E-state index contributed by atoms with van der Waals surface area (Å²) >= 11 is 0. The fourth-order valence-electron chi connectivity index (χ4n) is 2.36. The third-order valence-corrected chi connectivity index (χ3v) is 3.55. The van der Waals surface area contributed by atoms with Crippen LogP contribution in [0.25, 0.3) is 0 Å². The van der Waals surface area contributed by atoms with Gasteiger partial charge < -0.3 is 15.1 Å². The number of rotatable bonds is 4. The van der Waals surface area contributed by atoms with Crippen molar-refractivity contribution in [3.8, 4) is 0 Å². The minimum Gasteiger partial charge on any atom is -0.381 e. The number of pyridine rings is 1. The SMILES string of the molecule is CN(CC1CCOCC1)c1cc(C(F)(F)F)cc(NN)n1. The van der Waals surface area contributed by atoms with Crippen LogP contribution in [0.3, 0.4) is 0 Å². The third kappa shape index (κ3) is 4.21. The summed E-state index contributed by atoms with van der Waals surface area (Å²) in [5.41, 5.74) is 1.42. The van der Waals surface area contributed by atoms with Crippen molar-refractivity contribution in [3.63, 3.8) is 0 Å². The minimum atomic E-state index is -4.43. The number of hydrazine groups is 1. The van der Waals surface area contributed by atoms with Crippen LogP contribution in [0.5, 0.6) is 0 Å². The number of aromatic nitrogens is 1. The summed E-state index contributed by atoms with van der Waals surface area (Å²) in [7, 11) is 1.73. The first kappa shape index (κ1) is 15.8. The molecule has 1 aliphatic rings. The zero-order valence-electron chi connectivity index (χ0n) is 11.8. The van der Waals surface area contributed by atoms with E-state index in [1.54, 1.807) is 11.9 Å². The molecule has 1 aromatic rings. The summed E-state index contributed by atoms with van der Waals surface area (Å²) in [6.45, 7) is 2.04. The Bertz CT molecular complexity index is 475. The number of hydrogen-bond donors (Lipinski definition) is 2. The third-order valence-electron chi connectivity index (χ3n) is 3.55. The van der Waals surface area contributed by atoms with Gasteiger partial charge in [-0.25, -0.2) is 10.8 Å². The molecule has 0 bridgehead atoms. The lowest BCUT2D eigenvalue weighted by Gasteiger charge is -2.28. The zero-order chi connectivity index (χ0) is 15.5. The number of nitrogens with one attached hydrogen (secondary N) is 1. The first-order valence-electron chi connectivity index (χ1n) is 6.75. The Labute approximate surface area is 121 Å². The number of alkyl halides is 3. The molecule has 0 unspecified atom stereocenters. The minimum absolute atomic E-state index is 0.00125. The molecular weight excluding hydrogens is 285 g/mol. The van der Waals surface area contributed by atoms with Crippen molar-refractivity contribution in [2.24, 2.45) is 11.8 Å². The molecule has 0 spiro atoms. The molecule has 8 heteroatoms. The molecule has 3 N–H and O–H groups in total. The lowest BCUT2D eigenvalue weighted by Crippen LogP contribution is -2.30. The maximum absolute atomic E-state index is 12.9. The van der Waals surface area contributed by atoms with Crippen LogP contribution in [0.2, 0.25) is 0 Å². The average Bonchev–Trinajstić information content (AvgIpc) is 2.46. The van der Waals surface area contributed by atoms with Gasteiger partial charge in [-0.2, -0.15) is 13.2 Å². The van der Waals surface area contributed by atoms with Crippen molar-refractivity contribution in [3.05, 3.63) is 17.7 Å². The smallest absolute Gasteiger partial charge is 0.381 e. The maximum atomic E-state index is 12.9. The zero-order valence-corrected chi connectivity index (χ0v) is 11.8. The molecule has 1 saturated heterocycles. The van der Waals surface area contributed by atoms with Crippen molar-refractivity contribution in [1.29, 1.82) is 0 Å². The lowest BCUT2D eigenvalue weighted by atomic mass is 10.00. The molecule has 1 aliphatic heterocycles. The van der Waals surface area contributed by atoms with Gasteiger partial charge >= 0.3 is 6.18 Å². The standard InChI is InChI=1S/C13H19F3N4O/c1-20(8-9-2-4-21-5-3-9)12-7-10(13(14,15)16)6-11(18-12)19-17/h6-7,9H,2-5,8,17H2,1H3,(H,18,19). The van der Waals surface area contributed by atoms with E-state index in [2.05, 4.69) is 10.4 Å². The van der Waals surface area contributed by atoms with Gasteiger partial charge in [-0.1, -0.05) is 0 Å². The van der Waals surface area contributed by atoms with Crippen molar-refractivity contribution in [2.45, 2.75) is 19.0 Å². The predicted molar refractivity (Wildman–Crippen MR) is 73.9 cm³/mol. The van der Waals surface area contributed by atoms with Crippen LogP contribution in [0, 0.1) is 5.92 Å².